The molecule has 0 aliphatic carbocycles. The fourth-order valence-corrected chi connectivity index (χ4v) is 1.83. The van der Waals surface area contributed by atoms with E-state index in [1.165, 1.54) is 11.4 Å². The lowest BCUT2D eigenvalue weighted by Crippen LogP contribution is -2.22. The monoisotopic (exact) mass is 260 g/mol. The molecule has 0 aromatic heterocycles. The molecule has 1 heterocycles. The van der Waals surface area contributed by atoms with Crippen LogP contribution in [0, 0.1) is 0 Å². The molecule has 1 aliphatic heterocycles. The zero-order valence-electron chi connectivity index (χ0n) is 6.21. The number of hydrogen-bond acceptors (Lipinski definition) is 2. The van der Waals surface area contributed by atoms with E-state index in [2.05, 4.69) is 56.4 Å². The predicted octanol–water partition coefficient (Wildman–Crippen LogP) is 2.61. The van der Waals surface area contributed by atoms with E-state index < -0.39 is 0 Å². The van der Waals surface area contributed by atoms with Crippen LogP contribution in [-0.4, -0.2) is 6.17 Å². The second-order valence-electron chi connectivity index (χ2n) is 2.65. The van der Waals surface area contributed by atoms with Gasteiger partial charge in [0.05, 0.1) is 34.2 Å². The number of hydrogen-bond donors (Lipinski definition) is 1. The van der Waals surface area contributed by atoms with Gasteiger partial charge in [-0.15, -0.1) is 0 Å². The first-order chi connectivity index (χ1) is 5.29. The minimum absolute atomic E-state index is 0.410. The van der Waals surface area contributed by atoms with Crippen molar-refractivity contribution < 1.29 is 0 Å². The van der Waals surface area contributed by atoms with Gasteiger partial charge >= 0.3 is 0 Å². The average molecular weight is 260 g/mol. The molecule has 0 radical (unpaired) electrons. The molecule has 0 bridgehead atoms. The van der Waals surface area contributed by atoms with Crippen molar-refractivity contribution in [3.63, 3.8) is 0 Å². The molecule has 1 atom stereocenters. The molecule has 2 nitrogen and oxygen atoms in total. The Hall–Kier alpha value is -0.450. The van der Waals surface area contributed by atoms with Crippen molar-refractivity contribution >= 4 is 34.2 Å². The fourth-order valence-electron chi connectivity index (χ4n) is 1.27. The Balaban J connectivity index is 2.47. The van der Waals surface area contributed by atoms with Crippen molar-refractivity contribution in [1.29, 1.82) is 0 Å². The summed E-state index contributed by atoms with van der Waals surface area (Å²) in [5, 5.41) is 3.37. The Bertz CT molecular complexity index is 275. The maximum atomic E-state index is 3.37. The molecule has 11 heavy (non-hydrogen) atoms. The van der Waals surface area contributed by atoms with E-state index in [0.717, 1.165) is 0 Å². The first-order valence-electron chi connectivity index (χ1n) is 3.59. The lowest BCUT2D eigenvalue weighted by Gasteiger charge is -2.13. The van der Waals surface area contributed by atoms with Gasteiger partial charge in [0.2, 0.25) is 0 Å². The highest BCUT2D eigenvalue weighted by atomic mass is 127. The summed E-state index contributed by atoms with van der Waals surface area (Å²) in [6.07, 6.45) is 0.410. The van der Waals surface area contributed by atoms with Crippen LogP contribution in [0.5, 0.6) is 0 Å². The van der Waals surface area contributed by atoms with Crippen LogP contribution < -0.4 is 8.43 Å². The summed E-state index contributed by atoms with van der Waals surface area (Å²) in [5.41, 5.74) is 2.51. The van der Waals surface area contributed by atoms with Crippen LogP contribution in [-0.2, 0) is 0 Å². The zero-order chi connectivity index (χ0) is 7.84. The molecule has 0 fully saturated rings. The fraction of sp³-hybridized carbons (Fsp3) is 0.250. The minimum atomic E-state index is 0.410. The van der Waals surface area contributed by atoms with E-state index >= 15 is 0 Å². The Morgan fingerprint density at radius 1 is 1.45 bits per heavy atom. The normalized spacial score (nSPS) is 21.3. The van der Waals surface area contributed by atoms with E-state index in [1.54, 1.807) is 0 Å². The third kappa shape index (κ3) is 1.07. The Morgan fingerprint density at radius 2 is 2.18 bits per heavy atom. The second-order valence-corrected chi connectivity index (χ2v) is 3.69. The first kappa shape index (κ1) is 7.21. The Morgan fingerprint density at radius 3 is 2.91 bits per heavy atom. The number of rotatable bonds is 0. The summed E-state index contributed by atoms with van der Waals surface area (Å²) in [4.78, 5) is 0. The maximum absolute atomic E-state index is 3.37. The molecule has 0 amide bonds. The summed E-state index contributed by atoms with van der Waals surface area (Å²) >= 11 is 2.32. The topological polar surface area (TPSA) is 15.3 Å². The summed E-state index contributed by atoms with van der Waals surface area (Å²) in [5.74, 6) is 0. The molecule has 58 valence electrons. The highest BCUT2D eigenvalue weighted by Crippen LogP contribution is 2.36. The number of benzene rings is 1. The van der Waals surface area contributed by atoms with Crippen LogP contribution in [0.25, 0.3) is 0 Å². The minimum Gasteiger partial charge on any atom is -0.363 e. The van der Waals surface area contributed by atoms with Gasteiger partial charge in [-0.3, -0.25) is 3.11 Å². The second kappa shape index (κ2) is 2.55. The lowest BCUT2D eigenvalue weighted by molar-refractivity contribution is 0.912. The van der Waals surface area contributed by atoms with Gasteiger partial charge in [0.15, 0.2) is 0 Å². The van der Waals surface area contributed by atoms with Crippen LogP contribution in [0.2, 0.25) is 0 Å². The molecule has 1 aromatic rings. The summed E-state index contributed by atoms with van der Waals surface area (Å²) in [6.45, 7) is 2.15. The predicted molar refractivity (Wildman–Crippen MR) is 56.0 cm³/mol. The molecule has 0 spiro atoms. The average Bonchev–Trinajstić information content (AvgIpc) is 2.30. The van der Waals surface area contributed by atoms with Gasteiger partial charge < -0.3 is 5.32 Å². The maximum Gasteiger partial charge on any atom is 0.106 e. The number of para-hydroxylation sites is 2. The molecule has 2 rings (SSSR count). The summed E-state index contributed by atoms with van der Waals surface area (Å²) in [6, 6.07) is 8.33. The molecular weight excluding hydrogens is 251 g/mol. The van der Waals surface area contributed by atoms with Crippen molar-refractivity contribution in [1.82, 2.24) is 0 Å². The number of anilines is 2. The molecule has 3 heteroatoms. The quantitative estimate of drug-likeness (QED) is 0.569. The number of halogens is 1. The van der Waals surface area contributed by atoms with E-state index in [9.17, 15) is 0 Å². The van der Waals surface area contributed by atoms with Gasteiger partial charge in [-0.05, 0) is 19.1 Å². The molecule has 1 N–H and O–H groups in total. The molecule has 1 aliphatic rings. The molecule has 1 unspecified atom stereocenters. The molecular formula is C8H9IN2. The van der Waals surface area contributed by atoms with E-state index in [-0.39, 0.29) is 0 Å². The van der Waals surface area contributed by atoms with Gasteiger partial charge in [0.25, 0.3) is 0 Å². The zero-order valence-corrected chi connectivity index (χ0v) is 8.37. The number of nitrogens with one attached hydrogen (secondary N) is 1. The van der Waals surface area contributed by atoms with Crippen molar-refractivity contribution in [2.75, 3.05) is 8.43 Å². The molecule has 0 saturated heterocycles. The molecule has 1 aromatic carbocycles. The van der Waals surface area contributed by atoms with Gasteiger partial charge in [-0.1, -0.05) is 12.1 Å². The SMILES string of the molecule is CC1Nc2ccccc2N1I. The highest BCUT2D eigenvalue weighted by molar-refractivity contribution is 14.1. The number of nitrogens with zero attached hydrogens (tertiary/aromatic N) is 1. The van der Waals surface area contributed by atoms with Gasteiger partial charge in [0.1, 0.15) is 6.17 Å². The van der Waals surface area contributed by atoms with Crippen LogP contribution in [0.4, 0.5) is 11.4 Å². The van der Waals surface area contributed by atoms with Crippen LogP contribution in [0.1, 0.15) is 6.92 Å². The Kier molecular flexibility index (Phi) is 1.67. The Labute approximate surface area is 80.1 Å². The van der Waals surface area contributed by atoms with E-state index in [4.69, 9.17) is 0 Å². The first-order valence-corrected chi connectivity index (χ1v) is 4.56. The molecule has 0 saturated carbocycles. The van der Waals surface area contributed by atoms with Crippen molar-refractivity contribution in [2.45, 2.75) is 13.1 Å². The highest BCUT2D eigenvalue weighted by Gasteiger charge is 2.21. The summed E-state index contributed by atoms with van der Waals surface area (Å²) in [7, 11) is 0. The van der Waals surface area contributed by atoms with Crippen molar-refractivity contribution in [3.8, 4) is 0 Å². The van der Waals surface area contributed by atoms with E-state index in [0.29, 0.717) is 6.17 Å². The largest absolute Gasteiger partial charge is 0.363 e. The third-order valence-corrected chi connectivity index (χ3v) is 3.19. The van der Waals surface area contributed by atoms with Crippen LogP contribution in [0.3, 0.4) is 0 Å². The number of fused-ring (bicyclic) bond motifs is 1. The van der Waals surface area contributed by atoms with Gasteiger partial charge in [0, 0.05) is 0 Å². The lowest BCUT2D eigenvalue weighted by atomic mass is 10.3. The van der Waals surface area contributed by atoms with E-state index in [1.807, 2.05) is 6.07 Å². The standard InChI is InChI=1S/C8H9IN2/c1-6-10-7-4-2-3-5-8(7)11(6)9/h2-6,10H,1H3. The van der Waals surface area contributed by atoms with Gasteiger partial charge in [-0.2, -0.15) is 0 Å². The smallest absolute Gasteiger partial charge is 0.106 e. The van der Waals surface area contributed by atoms with Gasteiger partial charge in [-0.25, -0.2) is 0 Å². The van der Waals surface area contributed by atoms with Crippen molar-refractivity contribution in [3.05, 3.63) is 24.3 Å². The van der Waals surface area contributed by atoms with Crippen LogP contribution in [0.15, 0.2) is 24.3 Å². The summed E-state index contributed by atoms with van der Waals surface area (Å²) < 4.78 is 2.20. The van der Waals surface area contributed by atoms with Crippen molar-refractivity contribution in [2.24, 2.45) is 0 Å². The third-order valence-electron chi connectivity index (χ3n) is 1.84. The van der Waals surface area contributed by atoms with Crippen LogP contribution >= 0.6 is 22.9 Å².